The molecule has 0 atom stereocenters. The molecule has 2 aromatic rings. The molecule has 0 saturated carbocycles. The molecule has 114 valence electrons. The van der Waals surface area contributed by atoms with E-state index < -0.39 is 9.84 Å². The van der Waals surface area contributed by atoms with Gasteiger partial charge < -0.3 is 4.74 Å². The lowest BCUT2D eigenvalue weighted by molar-refractivity contribution is 0.317. The van der Waals surface area contributed by atoms with Crippen molar-refractivity contribution in [2.24, 2.45) is 0 Å². The summed E-state index contributed by atoms with van der Waals surface area (Å²) in [5.41, 5.74) is 1.60. The number of aryl methyl sites for hydroxylation is 1. The molecule has 0 unspecified atom stereocenters. The van der Waals surface area contributed by atoms with Crippen molar-refractivity contribution in [2.75, 3.05) is 18.6 Å². The number of nitrogens with zero attached hydrogens (tertiary/aromatic N) is 3. The van der Waals surface area contributed by atoms with Gasteiger partial charge in [-0.05, 0) is 18.6 Å². The molecule has 1 aromatic heterocycles. The van der Waals surface area contributed by atoms with Gasteiger partial charge in [0.05, 0.1) is 25.1 Å². The average molecular weight is 309 g/mol. The first kappa shape index (κ1) is 15.5. The maximum atomic E-state index is 11.1. The Morgan fingerprint density at radius 2 is 2.14 bits per heavy atom. The van der Waals surface area contributed by atoms with E-state index in [1.54, 1.807) is 6.20 Å². The van der Waals surface area contributed by atoms with E-state index in [1.165, 1.54) is 10.9 Å². The molecule has 0 aliphatic heterocycles. The summed E-state index contributed by atoms with van der Waals surface area (Å²) in [6.45, 7) is 3.03. The van der Waals surface area contributed by atoms with Crippen LogP contribution in [0.2, 0.25) is 0 Å². The highest BCUT2D eigenvalue weighted by Gasteiger charge is 2.07. The van der Waals surface area contributed by atoms with Gasteiger partial charge in [0.25, 0.3) is 0 Å². The third kappa shape index (κ3) is 4.86. The molecule has 7 heteroatoms. The molecule has 0 bridgehead atoms. The third-order valence-electron chi connectivity index (χ3n) is 2.83. The molecule has 1 aromatic carbocycles. The van der Waals surface area contributed by atoms with Crippen LogP contribution in [-0.4, -0.2) is 42.0 Å². The van der Waals surface area contributed by atoms with Crippen molar-refractivity contribution in [1.29, 1.82) is 0 Å². The van der Waals surface area contributed by atoms with Crippen molar-refractivity contribution in [3.05, 3.63) is 30.5 Å². The van der Waals surface area contributed by atoms with Crippen LogP contribution < -0.4 is 4.74 Å². The minimum atomic E-state index is -3.00. The van der Waals surface area contributed by atoms with Crippen molar-refractivity contribution in [3.63, 3.8) is 0 Å². The van der Waals surface area contributed by atoms with E-state index in [1.807, 2.05) is 24.3 Å². The summed E-state index contributed by atoms with van der Waals surface area (Å²) in [7, 11) is -3.00. The molecular weight excluding hydrogens is 290 g/mol. The van der Waals surface area contributed by atoms with Gasteiger partial charge >= 0.3 is 0 Å². The van der Waals surface area contributed by atoms with Crippen LogP contribution in [0, 0.1) is 0 Å². The van der Waals surface area contributed by atoms with E-state index >= 15 is 0 Å². The lowest BCUT2D eigenvalue weighted by atomic mass is 10.1. The monoisotopic (exact) mass is 309 g/mol. The molecule has 2 rings (SSSR count). The molecule has 0 saturated heterocycles. The van der Waals surface area contributed by atoms with E-state index in [4.69, 9.17) is 4.74 Å². The molecular formula is C14H19N3O3S. The van der Waals surface area contributed by atoms with Crippen LogP contribution in [0.1, 0.15) is 13.3 Å². The lowest BCUT2D eigenvalue weighted by Crippen LogP contribution is -2.11. The summed E-state index contributed by atoms with van der Waals surface area (Å²) in [5, 5.41) is 8.02. The standard InChI is InChI=1S/C14H19N3O3S/c1-3-8-20-13-6-4-5-12(10-13)14-11-17(16-15-14)7-9-21(2,18)19/h4-6,10-11H,3,7-9H2,1-2H3. The molecule has 21 heavy (non-hydrogen) atoms. The molecule has 0 aliphatic rings. The summed E-state index contributed by atoms with van der Waals surface area (Å²) in [4.78, 5) is 0. The van der Waals surface area contributed by atoms with Crippen LogP contribution in [0.3, 0.4) is 0 Å². The van der Waals surface area contributed by atoms with Gasteiger partial charge in [0.1, 0.15) is 21.3 Å². The maximum absolute atomic E-state index is 11.1. The first-order valence-corrected chi connectivity index (χ1v) is 8.85. The Morgan fingerprint density at radius 1 is 1.33 bits per heavy atom. The number of aromatic nitrogens is 3. The lowest BCUT2D eigenvalue weighted by Gasteiger charge is -2.05. The van der Waals surface area contributed by atoms with Gasteiger partial charge in [-0.25, -0.2) is 8.42 Å². The Kier molecular flexibility index (Phi) is 4.95. The van der Waals surface area contributed by atoms with E-state index in [-0.39, 0.29) is 5.75 Å². The summed E-state index contributed by atoms with van der Waals surface area (Å²) >= 11 is 0. The maximum Gasteiger partial charge on any atom is 0.149 e. The van der Waals surface area contributed by atoms with Gasteiger partial charge in [-0.3, -0.25) is 4.68 Å². The van der Waals surface area contributed by atoms with Crippen molar-refractivity contribution in [3.8, 4) is 17.0 Å². The SMILES string of the molecule is CCCOc1cccc(-c2cn(CCS(C)(=O)=O)nn2)c1. The molecule has 0 amide bonds. The van der Waals surface area contributed by atoms with Crippen molar-refractivity contribution in [1.82, 2.24) is 15.0 Å². The molecule has 6 nitrogen and oxygen atoms in total. The Balaban J connectivity index is 2.10. The molecule has 0 N–H and O–H groups in total. The van der Waals surface area contributed by atoms with Gasteiger partial charge in [-0.2, -0.15) is 0 Å². The van der Waals surface area contributed by atoms with Gasteiger partial charge in [0.2, 0.25) is 0 Å². The quantitative estimate of drug-likeness (QED) is 0.779. The fraction of sp³-hybridized carbons (Fsp3) is 0.429. The minimum Gasteiger partial charge on any atom is -0.494 e. The second-order valence-corrected chi connectivity index (χ2v) is 7.13. The average Bonchev–Trinajstić information content (AvgIpc) is 2.91. The second kappa shape index (κ2) is 6.71. The van der Waals surface area contributed by atoms with E-state index in [0.29, 0.717) is 18.8 Å². The first-order valence-electron chi connectivity index (χ1n) is 6.79. The Labute approximate surface area is 124 Å². The summed E-state index contributed by atoms with van der Waals surface area (Å²) in [6, 6.07) is 7.62. The molecule has 0 radical (unpaired) electrons. The smallest absolute Gasteiger partial charge is 0.149 e. The molecule has 0 aliphatic carbocycles. The fourth-order valence-corrected chi connectivity index (χ4v) is 2.28. The Morgan fingerprint density at radius 3 is 2.86 bits per heavy atom. The number of hydrogen-bond acceptors (Lipinski definition) is 5. The number of benzene rings is 1. The van der Waals surface area contributed by atoms with E-state index in [2.05, 4.69) is 17.2 Å². The predicted molar refractivity (Wildman–Crippen MR) is 81.0 cm³/mol. The Hall–Kier alpha value is -1.89. The van der Waals surface area contributed by atoms with Crippen LogP contribution in [0.15, 0.2) is 30.5 Å². The van der Waals surface area contributed by atoms with Crippen LogP contribution in [0.4, 0.5) is 0 Å². The zero-order chi connectivity index (χ0) is 15.3. The van der Waals surface area contributed by atoms with E-state index in [0.717, 1.165) is 17.7 Å². The van der Waals surface area contributed by atoms with Crippen molar-refractivity contribution >= 4 is 9.84 Å². The highest BCUT2D eigenvalue weighted by Crippen LogP contribution is 2.21. The van der Waals surface area contributed by atoms with Gasteiger partial charge in [-0.1, -0.05) is 24.3 Å². The zero-order valence-electron chi connectivity index (χ0n) is 12.2. The largest absolute Gasteiger partial charge is 0.494 e. The highest BCUT2D eigenvalue weighted by atomic mass is 32.2. The predicted octanol–water partition coefficient (Wildman–Crippen LogP) is 1.78. The van der Waals surface area contributed by atoms with Crippen LogP contribution >= 0.6 is 0 Å². The van der Waals surface area contributed by atoms with Crippen LogP contribution in [-0.2, 0) is 16.4 Å². The molecule has 0 spiro atoms. The van der Waals surface area contributed by atoms with Crippen LogP contribution in [0.25, 0.3) is 11.3 Å². The van der Waals surface area contributed by atoms with Crippen molar-refractivity contribution < 1.29 is 13.2 Å². The van der Waals surface area contributed by atoms with Crippen LogP contribution in [0.5, 0.6) is 5.75 Å². The highest BCUT2D eigenvalue weighted by molar-refractivity contribution is 7.90. The van der Waals surface area contributed by atoms with Gasteiger partial charge in [0, 0.05) is 11.8 Å². The zero-order valence-corrected chi connectivity index (χ0v) is 13.0. The number of rotatable bonds is 7. The van der Waals surface area contributed by atoms with Gasteiger partial charge in [-0.15, -0.1) is 5.10 Å². The van der Waals surface area contributed by atoms with E-state index in [9.17, 15) is 8.42 Å². The summed E-state index contributed by atoms with van der Waals surface area (Å²) in [5.74, 6) is 0.843. The minimum absolute atomic E-state index is 0.0510. The normalized spacial score (nSPS) is 11.5. The number of ether oxygens (including phenoxy) is 1. The Bertz CT molecular complexity index is 695. The second-order valence-electron chi connectivity index (χ2n) is 4.87. The first-order chi connectivity index (χ1) is 9.98. The number of sulfone groups is 1. The topological polar surface area (TPSA) is 74.1 Å². The fourth-order valence-electron chi connectivity index (χ4n) is 1.76. The summed E-state index contributed by atoms with van der Waals surface area (Å²) < 4.78 is 29.4. The number of hydrogen-bond donors (Lipinski definition) is 0. The van der Waals surface area contributed by atoms with Crippen molar-refractivity contribution in [2.45, 2.75) is 19.9 Å². The third-order valence-corrected chi connectivity index (χ3v) is 3.76. The summed E-state index contributed by atoms with van der Waals surface area (Å²) in [6.07, 6.45) is 3.90. The van der Waals surface area contributed by atoms with Gasteiger partial charge in [0.15, 0.2) is 0 Å². The molecule has 1 heterocycles. The molecule has 0 fully saturated rings.